The second kappa shape index (κ2) is 5.63. The topological polar surface area (TPSA) is 78.3 Å². The molecule has 0 spiro atoms. The van der Waals surface area contributed by atoms with Gasteiger partial charge in [0.05, 0.1) is 6.61 Å². The predicted molar refractivity (Wildman–Crippen MR) is 74.2 cm³/mol. The molecule has 0 saturated carbocycles. The van der Waals surface area contributed by atoms with E-state index in [9.17, 15) is 4.57 Å². The van der Waals surface area contributed by atoms with Crippen LogP contribution < -0.4 is 11.0 Å². The molecule has 0 atom stereocenters. The zero-order valence-electron chi connectivity index (χ0n) is 10.1. The van der Waals surface area contributed by atoms with Gasteiger partial charge in [-0.15, -0.1) is 0 Å². The molecule has 2 aromatic rings. The van der Waals surface area contributed by atoms with Crippen molar-refractivity contribution >= 4 is 18.4 Å². The van der Waals surface area contributed by atoms with Crippen molar-refractivity contribution in [1.82, 2.24) is 0 Å². The van der Waals surface area contributed by atoms with Gasteiger partial charge in [0.2, 0.25) is 0 Å². The largest absolute Gasteiger partial charge is 0.335 e. The van der Waals surface area contributed by atoms with Crippen LogP contribution in [0.25, 0.3) is 10.8 Å². The highest BCUT2D eigenvalue weighted by molar-refractivity contribution is 7.53. The Morgan fingerprint density at radius 3 is 2.56 bits per heavy atom. The summed E-state index contributed by atoms with van der Waals surface area (Å²) in [4.78, 5) is 0. The molecule has 0 bridgehead atoms. The lowest BCUT2D eigenvalue weighted by Crippen LogP contribution is -2.09. The van der Waals surface area contributed by atoms with Crippen LogP contribution in [0.15, 0.2) is 42.5 Å². The predicted octanol–water partition coefficient (Wildman–Crippen LogP) is 2.81. The molecule has 2 aromatic carbocycles. The Balaban J connectivity index is 2.02. The zero-order valence-corrected chi connectivity index (χ0v) is 11.0. The lowest BCUT2D eigenvalue weighted by molar-refractivity contribution is 0.308. The SMILES string of the molecule is NP(N)(=O)OCCCc1cccc2ccccc12. The average molecular weight is 264 g/mol. The van der Waals surface area contributed by atoms with E-state index in [4.69, 9.17) is 15.5 Å². The monoisotopic (exact) mass is 264 g/mol. The van der Waals surface area contributed by atoms with Gasteiger partial charge in [-0.05, 0) is 29.2 Å². The molecule has 4 N–H and O–H groups in total. The van der Waals surface area contributed by atoms with Gasteiger partial charge < -0.3 is 4.52 Å². The Morgan fingerprint density at radius 1 is 1.06 bits per heavy atom. The molecule has 0 radical (unpaired) electrons. The van der Waals surface area contributed by atoms with Crippen molar-refractivity contribution < 1.29 is 9.09 Å². The maximum atomic E-state index is 11.0. The van der Waals surface area contributed by atoms with Crippen molar-refractivity contribution in [3.05, 3.63) is 48.0 Å². The lowest BCUT2D eigenvalue weighted by atomic mass is 10.0. The molecule has 4 nitrogen and oxygen atoms in total. The quantitative estimate of drug-likeness (QED) is 0.643. The number of nitrogens with two attached hydrogens (primary N) is 2. The molecule has 0 fully saturated rings. The minimum Gasteiger partial charge on any atom is -0.306 e. The first-order valence-electron chi connectivity index (χ1n) is 5.85. The van der Waals surface area contributed by atoms with Gasteiger partial charge in [-0.3, -0.25) is 4.57 Å². The van der Waals surface area contributed by atoms with Crippen LogP contribution in [-0.4, -0.2) is 6.61 Å². The Morgan fingerprint density at radius 2 is 1.78 bits per heavy atom. The molecule has 96 valence electrons. The van der Waals surface area contributed by atoms with Crippen LogP contribution in [0, 0.1) is 0 Å². The minimum absolute atomic E-state index is 0.313. The summed E-state index contributed by atoms with van der Waals surface area (Å²) in [5.41, 5.74) is 11.5. The Kier molecular flexibility index (Phi) is 4.15. The maximum absolute atomic E-state index is 11.0. The fourth-order valence-electron chi connectivity index (χ4n) is 1.98. The standard InChI is InChI=1S/C13H17N2O2P/c14-18(15,16)17-10-4-8-12-7-3-6-11-5-1-2-9-13(11)12/h1-3,5-7,9H,4,8,10H2,(H4,14,15,16). The number of hydrogen-bond acceptors (Lipinski definition) is 2. The fourth-order valence-corrected chi connectivity index (χ4v) is 2.39. The van der Waals surface area contributed by atoms with E-state index in [0.717, 1.165) is 12.8 Å². The third-order valence-electron chi connectivity index (χ3n) is 2.76. The summed E-state index contributed by atoms with van der Waals surface area (Å²) in [5.74, 6) is 0. The summed E-state index contributed by atoms with van der Waals surface area (Å²) in [6.07, 6.45) is 1.59. The smallest absolute Gasteiger partial charge is 0.306 e. The second-order valence-electron chi connectivity index (χ2n) is 4.22. The number of fused-ring (bicyclic) bond motifs is 1. The molecule has 2 rings (SSSR count). The Labute approximate surface area is 106 Å². The highest BCUT2D eigenvalue weighted by Crippen LogP contribution is 2.26. The van der Waals surface area contributed by atoms with Crippen molar-refractivity contribution in [3.63, 3.8) is 0 Å². The van der Waals surface area contributed by atoms with Crippen molar-refractivity contribution in [2.75, 3.05) is 6.61 Å². The molecule has 0 heterocycles. The Bertz CT molecular complexity index is 575. The van der Waals surface area contributed by atoms with E-state index in [1.165, 1.54) is 16.3 Å². The molecule has 0 aliphatic rings. The summed E-state index contributed by atoms with van der Waals surface area (Å²) in [6.45, 7) is 0.313. The highest BCUT2D eigenvalue weighted by atomic mass is 31.2. The molecule has 0 unspecified atom stereocenters. The van der Waals surface area contributed by atoms with Crippen molar-refractivity contribution in [2.45, 2.75) is 12.8 Å². The summed E-state index contributed by atoms with van der Waals surface area (Å²) >= 11 is 0. The van der Waals surface area contributed by atoms with Gasteiger partial charge in [-0.25, -0.2) is 11.0 Å². The van der Waals surface area contributed by atoms with Gasteiger partial charge in [0.25, 0.3) is 0 Å². The van der Waals surface area contributed by atoms with Crippen LogP contribution in [0.3, 0.4) is 0 Å². The molecular formula is C13H17N2O2P. The number of benzene rings is 2. The number of rotatable bonds is 5. The van der Waals surface area contributed by atoms with Crippen LogP contribution in [0.1, 0.15) is 12.0 Å². The Hall–Kier alpha value is -1.19. The van der Waals surface area contributed by atoms with E-state index < -0.39 is 7.67 Å². The van der Waals surface area contributed by atoms with Crippen molar-refractivity contribution in [3.8, 4) is 0 Å². The summed E-state index contributed by atoms with van der Waals surface area (Å²) in [5, 5.41) is 2.46. The third-order valence-corrected chi connectivity index (χ3v) is 3.35. The van der Waals surface area contributed by atoms with Gasteiger partial charge in [-0.2, -0.15) is 0 Å². The van der Waals surface area contributed by atoms with Crippen LogP contribution in [-0.2, 0) is 15.5 Å². The first-order chi connectivity index (χ1) is 8.56. The molecule has 0 aliphatic carbocycles. The molecule has 18 heavy (non-hydrogen) atoms. The van der Waals surface area contributed by atoms with Gasteiger partial charge in [0.1, 0.15) is 0 Å². The maximum Gasteiger partial charge on any atom is 0.335 e. The van der Waals surface area contributed by atoms with Crippen molar-refractivity contribution in [2.24, 2.45) is 11.0 Å². The summed E-state index contributed by atoms with van der Waals surface area (Å²) in [6, 6.07) is 14.4. The number of aryl methyl sites for hydroxylation is 1. The molecule has 0 amide bonds. The van der Waals surface area contributed by atoms with Gasteiger partial charge >= 0.3 is 7.67 Å². The average Bonchev–Trinajstić information content (AvgIpc) is 2.33. The van der Waals surface area contributed by atoms with Gasteiger partial charge in [0, 0.05) is 0 Å². The van der Waals surface area contributed by atoms with Gasteiger partial charge in [-0.1, -0.05) is 42.5 Å². The lowest BCUT2D eigenvalue weighted by Gasteiger charge is -2.09. The van der Waals surface area contributed by atoms with Crippen LogP contribution >= 0.6 is 7.67 Å². The summed E-state index contributed by atoms with van der Waals surface area (Å²) < 4.78 is 15.8. The zero-order chi connectivity index (χ0) is 13.0. The second-order valence-corrected chi connectivity index (χ2v) is 5.77. The molecule has 5 heteroatoms. The molecule has 0 saturated heterocycles. The number of hydrogen-bond donors (Lipinski definition) is 2. The van der Waals surface area contributed by atoms with Crippen LogP contribution in [0.2, 0.25) is 0 Å². The molecular weight excluding hydrogens is 247 g/mol. The minimum atomic E-state index is -3.34. The van der Waals surface area contributed by atoms with Gasteiger partial charge in [0.15, 0.2) is 0 Å². The van der Waals surface area contributed by atoms with E-state index in [1.807, 2.05) is 18.2 Å². The third kappa shape index (κ3) is 3.65. The fraction of sp³-hybridized carbons (Fsp3) is 0.231. The molecule has 0 aliphatic heterocycles. The van der Waals surface area contributed by atoms with E-state index in [1.54, 1.807) is 0 Å². The van der Waals surface area contributed by atoms with Crippen LogP contribution in [0.5, 0.6) is 0 Å². The normalized spacial score (nSPS) is 11.9. The van der Waals surface area contributed by atoms with E-state index in [-0.39, 0.29) is 0 Å². The van der Waals surface area contributed by atoms with E-state index in [2.05, 4.69) is 24.3 Å². The van der Waals surface area contributed by atoms with E-state index in [0.29, 0.717) is 6.61 Å². The first-order valence-corrected chi connectivity index (χ1v) is 7.61. The highest BCUT2D eigenvalue weighted by Gasteiger charge is 2.07. The van der Waals surface area contributed by atoms with Crippen molar-refractivity contribution in [1.29, 1.82) is 0 Å². The first kappa shape index (κ1) is 13.2. The summed E-state index contributed by atoms with van der Waals surface area (Å²) in [7, 11) is -3.34. The van der Waals surface area contributed by atoms with Crippen LogP contribution in [0.4, 0.5) is 0 Å². The molecule has 0 aromatic heterocycles. The van der Waals surface area contributed by atoms with E-state index >= 15 is 0 Å².